The Hall–Kier alpha value is -0.860. The van der Waals surface area contributed by atoms with Gasteiger partial charge in [-0.15, -0.1) is 0 Å². The molecule has 1 aromatic rings. The molecule has 0 aliphatic heterocycles. The van der Waals surface area contributed by atoms with Crippen LogP contribution in [0, 0.1) is 11.3 Å². The molecule has 1 aromatic carbocycles. The lowest BCUT2D eigenvalue weighted by molar-refractivity contribution is -0.349. The Morgan fingerprint density at radius 2 is 1.76 bits per heavy atom. The van der Waals surface area contributed by atoms with E-state index in [1.165, 1.54) is 37.7 Å². The van der Waals surface area contributed by atoms with Crippen molar-refractivity contribution in [3.05, 3.63) is 35.9 Å². The van der Waals surface area contributed by atoms with Gasteiger partial charge < -0.3 is 0 Å². The maximum absolute atomic E-state index is 5.91. The minimum atomic E-state index is 0.0826. The monoisotopic (exact) mass is 290 g/mol. The summed E-state index contributed by atoms with van der Waals surface area (Å²) < 4.78 is 0. The van der Waals surface area contributed by atoms with Crippen LogP contribution in [-0.2, 0) is 9.78 Å². The second kappa shape index (κ2) is 7.95. The molecule has 2 heteroatoms. The van der Waals surface area contributed by atoms with Crippen LogP contribution in [0.5, 0.6) is 0 Å². The zero-order valence-corrected chi connectivity index (χ0v) is 13.8. The van der Waals surface area contributed by atoms with Crippen LogP contribution in [0.15, 0.2) is 30.3 Å². The number of rotatable bonds is 7. The smallest absolute Gasteiger partial charge is 0.121 e. The standard InChI is InChI=1S/C19H30O2/c1-4-19(2,3)15-20-21-18(16-11-7-5-8-12-16)17-13-9-6-10-14-17/h5,7-8,11-12,17-18H,4,6,9-10,13-15H2,1-3H3. The molecule has 0 amide bonds. The van der Waals surface area contributed by atoms with Crippen LogP contribution in [0.3, 0.4) is 0 Å². The average molecular weight is 290 g/mol. The fourth-order valence-electron chi connectivity index (χ4n) is 2.85. The lowest BCUT2D eigenvalue weighted by Crippen LogP contribution is -2.23. The summed E-state index contributed by atoms with van der Waals surface area (Å²) in [7, 11) is 0. The Balaban J connectivity index is 1.98. The summed E-state index contributed by atoms with van der Waals surface area (Å²) >= 11 is 0. The zero-order chi connectivity index (χ0) is 15.1. The van der Waals surface area contributed by atoms with E-state index in [1.54, 1.807) is 0 Å². The van der Waals surface area contributed by atoms with E-state index in [2.05, 4.69) is 51.1 Å². The zero-order valence-electron chi connectivity index (χ0n) is 13.8. The van der Waals surface area contributed by atoms with E-state index >= 15 is 0 Å². The van der Waals surface area contributed by atoms with Crippen molar-refractivity contribution in [2.45, 2.75) is 65.4 Å². The summed E-state index contributed by atoms with van der Waals surface area (Å²) in [5.74, 6) is 0.589. The highest BCUT2D eigenvalue weighted by Gasteiger charge is 2.27. The van der Waals surface area contributed by atoms with Gasteiger partial charge in [0, 0.05) is 0 Å². The molecule has 0 N–H and O–H groups in total. The Morgan fingerprint density at radius 3 is 2.38 bits per heavy atom. The van der Waals surface area contributed by atoms with Crippen LogP contribution in [0.2, 0.25) is 0 Å². The van der Waals surface area contributed by atoms with E-state index in [-0.39, 0.29) is 11.5 Å². The number of hydrogen-bond acceptors (Lipinski definition) is 2. The predicted molar refractivity (Wildman–Crippen MR) is 86.9 cm³/mol. The van der Waals surface area contributed by atoms with E-state index < -0.39 is 0 Å². The Morgan fingerprint density at radius 1 is 1.10 bits per heavy atom. The van der Waals surface area contributed by atoms with Gasteiger partial charge in [-0.3, -0.25) is 0 Å². The lowest BCUT2D eigenvalue weighted by Gasteiger charge is -2.31. The fraction of sp³-hybridized carbons (Fsp3) is 0.684. The largest absolute Gasteiger partial charge is 0.236 e. The van der Waals surface area contributed by atoms with Gasteiger partial charge in [-0.2, -0.15) is 0 Å². The minimum absolute atomic E-state index is 0.0826. The van der Waals surface area contributed by atoms with Crippen molar-refractivity contribution in [2.75, 3.05) is 6.61 Å². The molecule has 1 aliphatic rings. The van der Waals surface area contributed by atoms with E-state index in [0.717, 1.165) is 6.42 Å². The lowest BCUT2D eigenvalue weighted by atomic mass is 9.83. The van der Waals surface area contributed by atoms with Gasteiger partial charge >= 0.3 is 0 Å². The van der Waals surface area contributed by atoms with Crippen LogP contribution >= 0.6 is 0 Å². The predicted octanol–water partition coefficient (Wildman–Crippen LogP) is 5.69. The molecule has 118 valence electrons. The number of hydrogen-bond donors (Lipinski definition) is 0. The molecule has 0 radical (unpaired) electrons. The first-order valence-corrected chi connectivity index (χ1v) is 8.45. The Bertz CT molecular complexity index is 393. The molecular formula is C19H30O2. The molecule has 0 aromatic heterocycles. The minimum Gasteiger partial charge on any atom is -0.236 e. The van der Waals surface area contributed by atoms with Crippen LogP contribution in [-0.4, -0.2) is 6.61 Å². The van der Waals surface area contributed by atoms with Gasteiger partial charge in [-0.05, 0) is 36.2 Å². The van der Waals surface area contributed by atoms with Gasteiger partial charge in [0.25, 0.3) is 0 Å². The van der Waals surface area contributed by atoms with Gasteiger partial charge in [0.05, 0.1) is 6.61 Å². The third-order valence-electron chi connectivity index (χ3n) is 4.78. The first kappa shape index (κ1) is 16.5. The molecular weight excluding hydrogens is 260 g/mol. The van der Waals surface area contributed by atoms with Crippen LogP contribution in [0.25, 0.3) is 0 Å². The third-order valence-corrected chi connectivity index (χ3v) is 4.78. The maximum atomic E-state index is 5.91. The fourth-order valence-corrected chi connectivity index (χ4v) is 2.85. The summed E-state index contributed by atoms with van der Waals surface area (Å²) in [5.41, 5.74) is 1.42. The first-order chi connectivity index (χ1) is 10.1. The van der Waals surface area contributed by atoms with E-state index in [1.807, 2.05) is 0 Å². The van der Waals surface area contributed by atoms with Crippen LogP contribution < -0.4 is 0 Å². The van der Waals surface area contributed by atoms with Crippen molar-refractivity contribution in [1.29, 1.82) is 0 Å². The molecule has 1 atom stereocenters. The molecule has 0 saturated heterocycles. The summed E-state index contributed by atoms with van der Waals surface area (Å²) in [6.07, 6.45) is 7.67. The normalized spacial score (nSPS) is 18.6. The topological polar surface area (TPSA) is 18.5 Å². The van der Waals surface area contributed by atoms with Crippen molar-refractivity contribution in [1.82, 2.24) is 0 Å². The van der Waals surface area contributed by atoms with Crippen molar-refractivity contribution in [3.63, 3.8) is 0 Å². The number of benzene rings is 1. The summed E-state index contributed by atoms with van der Waals surface area (Å²) in [6, 6.07) is 10.6. The molecule has 21 heavy (non-hydrogen) atoms. The molecule has 0 bridgehead atoms. The molecule has 1 aliphatic carbocycles. The maximum Gasteiger partial charge on any atom is 0.121 e. The molecule has 1 unspecified atom stereocenters. The SMILES string of the molecule is CCC(C)(C)COOC(c1ccccc1)C1CCCCC1. The molecule has 2 nitrogen and oxygen atoms in total. The van der Waals surface area contributed by atoms with Gasteiger partial charge in [0.1, 0.15) is 6.10 Å². The second-order valence-corrected chi connectivity index (χ2v) is 7.11. The first-order valence-electron chi connectivity index (χ1n) is 8.45. The van der Waals surface area contributed by atoms with Crippen molar-refractivity contribution in [2.24, 2.45) is 11.3 Å². The van der Waals surface area contributed by atoms with Gasteiger partial charge in [0.2, 0.25) is 0 Å². The molecule has 2 rings (SSSR count). The Kier molecular flexibility index (Phi) is 6.25. The van der Waals surface area contributed by atoms with Gasteiger partial charge in [0.15, 0.2) is 0 Å². The Labute approximate surface area is 129 Å². The third kappa shape index (κ3) is 5.12. The quantitative estimate of drug-likeness (QED) is 0.474. The molecule has 0 spiro atoms. The summed E-state index contributed by atoms with van der Waals surface area (Å²) in [5, 5.41) is 0. The second-order valence-electron chi connectivity index (χ2n) is 7.11. The van der Waals surface area contributed by atoms with Crippen LogP contribution in [0.1, 0.15) is 71.0 Å². The average Bonchev–Trinajstić information content (AvgIpc) is 2.53. The molecule has 1 fully saturated rings. The van der Waals surface area contributed by atoms with Crippen molar-refractivity contribution >= 4 is 0 Å². The van der Waals surface area contributed by atoms with Crippen molar-refractivity contribution < 1.29 is 9.78 Å². The van der Waals surface area contributed by atoms with Crippen molar-refractivity contribution in [3.8, 4) is 0 Å². The van der Waals surface area contributed by atoms with E-state index in [0.29, 0.717) is 12.5 Å². The highest BCUT2D eigenvalue weighted by Crippen LogP contribution is 2.37. The molecule has 1 saturated carbocycles. The van der Waals surface area contributed by atoms with E-state index in [4.69, 9.17) is 9.78 Å². The van der Waals surface area contributed by atoms with E-state index in [9.17, 15) is 0 Å². The highest BCUT2D eigenvalue weighted by molar-refractivity contribution is 5.18. The van der Waals surface area contributed by atoms with Gasteiger partial charge in [-0.25, -0.2) is 9.78 Å². The molecule has 0 heterocycles. The van der Waals surface area contributed by atoms with Crippen LogP contribution in [0.4, 0.5) is 0 Å². The van der Waals surface area contributed by atoms with Gasteiger partial charge in [-0.1, -0.05) is 70.4 Å². The highest BCUT2D eigenvalue weighted by atomic mass is 17.2. The summed E-state index contributed by atoms with van der Waals surface area (Å²) in [4.78, 5) is 11.6. The summed E-state index contributed by atoms with van der Waals surface area (Å²) in [6.45, 7) is 7.28.